The van der Waals surface area contributed by atoms with Crippen LogP contribution in [0.25, 0.3) is 10.2 Å². The second kappa shape index (κ2) is 5.63. The van der Waals surface area contributed by atoms with Crippen molar-refractivity contribution >= 4 is 37.3 Å². The number of amides is 1. The molecule has 25 heavy (non-hydrogen) atoms. The Bertz CT molecular complexity index is 1040. The van der Waals surface area contributed by atoms with Gasteiger partial charge >= 0.3 is 0 Å². The van der Waals surface area contributed by atoms with Crippen LogP contribution in [0.4, 0.5) is 0 Å². The van der Waals surface area contributed by atoms with Crippen LogP contribution in [0.3, 0.4) is 0 Å². The average molecular weight is 381 g/mol. The lowest BCUT2D eigenvalue weighted by atomic mass is 10.0. The van der Waals surface area contributed by atoms with Gasteiger partial charge in [-0.1, -0.05) is 0 Å². The molecule has 2 aromatic heterocycles. The van der Waals surface area contributed by atoms with Gasteiger partial charge in [-0.25, -0.2) is 13.4 Å². The molecule has 2 aliphatic rings. The summed E-state index contributed by atoms with van der Waals surface area (Å²) in [5, 5.41) is 3.42. The highest BCUT2D eigenvalue weighted by Gasteiger charge is 2.39. The molecule has 1 fully saturated rings. The molecule has 0 bridgehead atoms. The molecule has 1 aliphatic heterocycles. The lowest BCUT2D eigenvalue weighted by molar-refractivity contribution is -0.123. The summed E-state index contributed by atoms with van der Waals surface area (Å²) in [5.74, 6) is -0.344. The van der Waals surface area contributed by atoms with Gasteiger partial charge in [0.15, 0.2) is 9.84 Å². The van der Waals surface area contributed by atoms with Gasteiger partial charge in [0.25, 0.3) is 5.56 Å². The Morgan fingerprint density at radius 3 is 2.96 bits per heavy atom. The lowest BCUT2D eigenvalue weighted by Crippen LogP contribution is -2.48. The van der Waals surface area contributed by atoms with Crippen molar-refractivity contribution in [3.63, 3.8) is 0 Å². The average Bonchev–Trinajstić information content (AvgIpc) is 3.14. The number of aryl methyl sites for hydroxylation is 2. The number of fused-ring (bicyclic) bond motifs is 3. The van der Waals surface area contributed by atoms with E-state index < -0.39 is 15.4 Å². The van der Waals surface area contributed by atoms with Crippen LogP contribution in [0.1, 0.15) is 30.2 Å². The van der Waals surface area contributed by atoms with Crippen LogP contribution in [0.2, 0.25) is 0 Å². The van der Waals surface area contributed by atoms with Gasteiger partial charge in [0.05, 0.1) is 28.8 Å². The number of hydrogen-bond acceptors (Lipinski definition) is 6. The number of sulfone groups is 1. The Hall–Kier alpha value is -1.74. The molecule has 9 heteroatoms. The number of carbonyl (C=O) groups excluding carboxylic acids is 1. The Balaban J connectivity index is 1.58. The van der Waals surface area contributed by atoms with E-state index in [2.05, 4.69) is 10.3 Å². The molecule has 0 radical (unpaired) electrons. The maximum Gasteiger partial charge on any atom is 0.262 e. The van der Waals surface area contributed by atoms with E-state index in [4.69, 9.17) is 0 Å². The third kappa shape index (κ3) is 2.99. The maximum atomic E-state index is 12.8. The number of hydrogen-bond donors (Lipinski definition) is 1. The standard InChI is InChI=1S/C16H19N3O4S2/c1-16(5-6-25(22,23)8-16)18-12(20)7-19-9-17-14-13(15(19)21)10-3-2-4-11(10)24-14/h9H,2-8H2,1H3,(H,18,20)/t16-/m0/s1. The SMILES string of the molecule is C[C@]1(NC(=O)Cn2cnc3sc4c(c3c2=O)CCC4)CCS(=O)(=O)C1. The zero-order chi connectivity index (χ0) is 17.8. The molecule has 0 saturated carbocycles. The number of nitrogens with one attached hydrogen (secondary N) is 1. The van der Waals surface area contributed by atoms with Gasteiger partial charge in [0.1, 0.15) is 11.4 Å². The number of nitrogens with zero attached hydrogens (tertiary/aromatic N) is 2. The molecule has 0 spiro atoms. The third-order valence-corrected chi connectivity index (χ3v) is 8.05. The summed E-state index contributed by atoms with van der Waals surface area (Å²) < 4.78 is 24.6. The highest BCUT2D eigenvalue weighted by atomic mass is 32.2. The minimum absolute atomic E-state index is 0.0596. The van der Waals surface area contributed by atoms with E-state index in [1.165, 1.54) is 15.8 Å². The van der Waals surface area contributed by atoms with Crippen LogP contribution in [0.5, 0.6) is 0 Å². The predicted octanol–water partition coefficient (Wildman–Crippen LogP) is 0.640. The number of rotatable bonds is 3. The number of aromatic nitrogens is 2. The first-order chi connectivity index (χ1) is 11.8. The van der Waals surface area contributed by atoms with Crippen LogP contribution in [-0.2, 0) is 34.0 Å². The predicted molar refractivity (Wildman–Crippen MR) is 95.7 cm³/mol. The summed E-state index contributed by atoms with van der Waals surface area (Å²) in [6, 6.07) is 0. The Labute approximate surface area is 149 Å². The summed E-state index contributed by atoms with van der Waals surface area (Å²) >= 11 is 1.56. The highest BCUT2D eigenvalue weighted by molar-refractivity contribution is 7.91. The lowest BCUT2D eigenvalue weighted by Gasteiger charge is -2.24. The van der Waals surface area contributed by atoms with Crippen LogP contribution in [0, 0.1) is 0 Å². The minimum Gasteiger partial charge on any atom is -0.348 e. The molecule has 1 aliphatic carbocycles. The van der Waals surface area contributed by atoms with E-state index >= 15 is 0 Å². The first-order valence-corrected chi connectivity index (χ1v) is 10.9. The van der Waals surface area contributed by atoms with Gasteiger partial charge in [-0.2, -0.15) is 0 Å². The van der Waals surface area contributed by atoms with Crippen molar-refractivity contribution in [1.82, 2.24) is 14.9 Å². The Morgan fingerprint density at radius 1 is 1.44 bits per heavy atom. The van der Waals surface area contributed by atoms with E-state index in [0.717, 1.165) is 29.7 Å². The maximum absolute atomic E-state index is 12.8. The Kier molecular flexibility index (Phi) is 3.77. The van der Waals surface area contributed by atoms with Crippen LogP contribution in [-0.4, -0.2) is 40.9 Å². The molecule has 1 saturated heterocycles. The largest absolute Gasteiger partial charge is 0.348 e. The molecule has 2 aromatic rings. The van der Waals surface area contributed by atoms with Crippen molar-refractivity contribution in [2.24, 2.45) is 0 Å². The smallest absolute Gasteiger partial charge is 0.262 e. The van der Waals surface area contributed by atoms with Crippen LogP contribution in [0.15, 0.2) is 11.1 Å². The zero-order valence-electron chi connectivity index (χ0n) is 13.9. The quantitative estimate of drug-likeness (QED) is 0.841. The molecule has 3 heterocycles. The van der Waals surface area contributed by atoms with Crippen molar-refractivity contribution in [3.05, 3.63) is 27.1 Å². The fourth-order valence-corrected chi connectivity index (χ4v) is 7.08. The van der Waals surface area contributed by atoms with Gasteiger partial charge in [0.2, 0.25) is 5.91 Å². The van der Waals surface area contributed by atoms with Gasteiger partial charge in [-0.15, -0.1) is 11.3 Å². The van der Waals surface area contributed by atoms with Crippen molar-refractivity contribution < 1.29 is 13.2 Å². The van der Waals surface area contributed by atoms with E-state index in [1.54, 1.807) is 18.3 Å². The summed E-state index contributed by atoms with van der Waals surface area (Å²) in [5.41, 5.74) is 0.130. The Morgan fingerprint density at radius 2 is 2.24 bits per heavy atom. The summed E-state index contributed by atoms with van der Waals surface area (Å²) in [7, 11) is -3.10. The molecule has 134 valence electrons. The van der Waals surface area contributed by atoms with Crippen molar-refractivity contribution in [2.45, 2.75) is 44.7 Å². The molecule has 0 aromatic carbocycles. The molecule has 1 atom stereocenters. The number of thiophene rings is 1. The van der Waals surface area contributed by atoms with Gasteiger partial charge in [-0.3, -0.25) is 14.2 Å². The van der Waals surface area contributed by atoms with Gasteiger partial charge < -0.3 is 5.32 Å². The molecular weight excluding hydrogens is 362 g/mol. The fourth-order valence-electron chi connectivity index (χ4n) is 3.77. The molecule has 7 nitrogen and oxygen atoms in total. The molecule has 1 amide bonds. The summed E-state index contributed by atoms with van der Waals surface area (Å²) in [6.07, 6.45) is 4.73. The van der Waals surface area contributed by atoms with Crippen molar-refractivity contribution in [1.29, 1.82) is 0 Å². The fraction of sp³-hybridized carbons (Fsp3) is 0.562. The van der Waals surface area contributed by atoms with Crippen molar-refractivity contribution in [3.8, 4) is 0 Å². The molecule has 1 N–H and O–H groups in total. The van der Waals surface area contributed by atoms with Gasteiger partial charge in [0, 0.05) is 4.88 Å². The summed E-state index contributed by atoms with van der Waals surface area (Å²) in [6.45, 7) is 1.58. The van der Waals surface area contributed by atoms with E-state index in [9.17, 15) is 18.0 Å². The zero-order valence-corrected chi connectivity index (χ0v) is 15.5. The molecule has 4 rings (SSSR count). The summed E-state index contributed by atoms with van der Waals surface area (Å²) in [4.78, 5) is 31.4. The second-order valence-corrected chi connectivity index (χ2v) is 10.4. The van der Waals surface area contributed by atoms with E-state index in [1.807, 2.05) is 0 Å². The molecular formula is C16H19N3O4S2. The van der Waals surface area contributed by atoms with Gasteiger partial charge in [-0.05, 0) is 38.2 Å². The highest BCUT2D eigenvalue weighted by Crippen LogP contribution is 2.34. The molecule has 0 unspecified atom stereocenters. The first kappa shape index (κ1) is 16.7. The van der Waals surface area contributed by atoms with Crippen molar-refractivity contribution in [2.75, 3.05) is 11.5 Å². The topological polar surface area (TPSA) is 98.1 Å². The van der Waals surface area contributed by atoms with E-state index in [0.29, 0.717) is 11.8 Å². The first-order valence-electron chi connectivity index (χ1n) is 8.27. The third-order valence-electron chi connectivity index (χ3n) is 4.95. The normalized spacial score (nSPS) is 24.5. The minimum atomic E-state index is -3.10. The number of carbonyl (C=O) groups is 1. The van der Waals surface area contributed by atoms with E-state index in [-0.39, 0.29) is 29.5 Å². The second-order valence-electron chi connectivity index (χ2n) is 7.17. The van der Waals surface area contributed by atoms with Crippen LogP contribution >= 0.6 is 11.3 Å². The van der Waals surface area contributed by atoms with Crippen LogP contribution < -0.4 is 10.9 Å². The monoisotopic (exact) mass is 381 g/mol.